The van der Waals surface area contributed by atoms with E-state index in [-0.39, 0.29) is 0 Å². The maximum atomic E-state index is 11.7. The van der Waals surface area contributed by atoms with Gasteiger partial charge in [0.2, 0.25) is 0 Å². The summed E-state index contributed by atoms with van der Waals surface area (Å²) in [5.41, 5.74) is 2.44. The highest BCUT2D eigenvalue weighted by Gasteiger charge is 2.15. The SMILES string of the molecule is COC(=O)c1ccnc2ccc3n[nH]nc3c12. The van der Waals surface area contributed by atoms with Crippen molar-refractivity contribution in [1.29, 1.82) is 0 Å². The zero-order valence-electron chi connectivity index (χ0n) is 8.97. The third kappa shape index (κ3) is 1.34. The van der Waals surface area contributed by atoms with Crippen LogP contribution in [-0.4, -0.2) is 33.5 Å². The Hall–Kier alpha value is -2.50. The molecule has 0 spiro atoms. The summed E-state index contributed by atoms with van der Waals surface area (Å²) >= 11 is 0. The fourth-order valence-corrected chi connectivity index (χ4v) is 1.83. The molecule has 0 radical (unpaired) electrons. The topological polar surface area (TPSA) is 80.8 Å². The van der Waals surface area contributed by atoms with Gasteiger partial charge < -0.3 is 4.74 Å². The van der Waals surface area contributed by atoms with Crippen molar-refractivity contribution in [3.63, 3.8) is 0 Å². The molecule has 0 aliphatic carbocycles. The van der Waals surface area contributed by atoms with Crippen LogP contribution in [0.2, 0.25) is 0 Å². The molecule has 0 unspecified atom stereocenters. The average Bonchev–Trinajstić information content (AvgIpc) is 2.85. The molecule has 0 aliphatic heterocycles. The van der Waals surface area contributed by atoms with Gasteiger partial charge in [-0.25, -0.2) is 4.79 Å². The predicted octanol–water partition coefficient (Wildman–Crippen LogP) is 1.29. The van der Waals surface area contributed by atoms with Crippen molar-refractivity contribution >= 4 is 27.9 Å². The van der Waals surface area contributed by atoms with E-state index in [9.17, 15) is 4.79 Å². The van der Waals surface area contributed by atoms with Crippen LogP contribution >= 0.6 is 0 Å². The standard InChI is InChI=1S/C11H8N4O2/c1-17-11(16)6-4-5-12-7-2-3-8-10(9(6)7)14-15-13-8/h2-5H,1H3,(H,13,14,15). The Bertz CT molecular complexity index is 720. The van der Waals surface area contributed by atoms with E-state index in [1.807, 2.05) is 0 Å². The largest absolute Gasteiger partial charge is 0.465 e. The summed E-state index contributed by atoms with van der Waals surface area (Å²) in [5, 5.41) is 11.2. The van der Waals surface area contributed by atoms with Crippen LogP contribution in [0.25, 0.3) is 21.9 Å². The molecule has 6 nitrogen and oxygen atoms in total. The lowest BCUT2D eigenvalue weighted by Crippen LogP contribution is -2.02. The first-order valence-electron chi connectivity index (χ1n) is 4.98. The van der Waals surface area contributed by atoms with Crippen LogP contribution in [0.3, 0.4) is 0 Å². The predicted molar refractivity (Wildman–Crippen MR) is 60.5 cm³/mol. The lowest BCUT2D eigenvalue weighted by molar-refractivity contribution is 0.0603. The van der Waals surface area contributed by atoms with Crippen molar-refractivity contribution in [2.45, 2.75) is 0 Å². The molecule has 2 aromatic heterocycles. The minimum Gasteiger partial charge on any atom is -0.465 e. The lowest BCUT2D eigenvalue weighted by Gasteiger charge is -2.03. The maximum Gasteiger partial charge on any atom is 0.338 e. The lowest BCUT2D eigenvalue weighted by atomic mass is 10.1. The fourth-order valence-electron chi connectivity index (χ4n) is 1.83. The van der Waals surface area contributed by atoms with E-state index in [2.05, 4.69) is 20.4 Å². The number of carbonyl (C=O) groups is 1. The van der Waals surface area contributed by atoms with Crippen molar-refractivity contribution in [3.05, 3.63) is 30.0 Å². The molecule has 3 aromatic rings. The van der Waals surface area contributed by atoms with E-state index >= 15 is 0 Å². The minimum absolute atomic E-state index is 0.409. The number of nitrogens with one attached hydrogen (secondary N) is 1. The molecular formula is C11H8N4O2. The highest BCUT2D eigenvalue weighted by molar-refractivity contribution is 6.13. The molecule has 1 N–H and O–H groups in total. The summed E-state index contributed by atoms with van der Waals surface area (Å²) in [6, 6.07) is 5.21. The number of rotatable bonds is 1. The number of H-pyrrole nitrogens is 1. The van der Waals surface area contributed by atoms with Gasteiger partial charge in [0, 0.05) is 11.6 Å². The molecule has 2 heterocycles. The number of fused-ring (bicyclic) bond motifs is 3. The number of hydrogen-bond acceptors (Lipinski definition) is 5. The van der Waals surface area contributed by atoms with E-state index < -0.39 is 5.97 Å². The number of esters is 1. The second-order valence-corrected chi connectivity index (χ2v) is 3.50. The number of hydrogen-bond donors (Lipinski definition) is 1. The Morgan fingerprint density at radius 1 is 1.24 bits per heavy atom. The van der Waals surface area contributed by atoms with Crippen molar-refractivity contribution in [2.75, 3.05) is 7.11 Å². The van der Waals surface area contributed by atoms with Gasteiger partial charge in [-0.2, -0.15) is 15.4 Å². The van der Waals surface area contributed by atoms with E-state index in [0.29, 0.717) is 27.5 Å². The number of benzene rings is 1. The Balaban J connectivity index is 2.49. The van der Waals surface area contributed by atoms with Gasteiger partial charge in [0.1, 0.15) is 11.0 Å². The third-order valence-electron chi connectivity index (χ3n) is 2.60. The van der Waals surface area contributed by atoms with Gasteiger partial charge in [-0.05, 0) is 18.2 Å². The molecule has 0 saturated heterocycles. The zero-order chi connectivity index (χ0) is 11.8. The first kappa shape index (κ1) is 9.71. The molecule has 1 aromatic carbocycles. The van der Waals surface area contributed by atoms with E-state index in [1.54, 1.807) is 24.4 Å². The Morgan fingerprint density at radius 2 is 2.06 bits per heavy atom. The van der Waals surface area contributed by atoms with E-state index in [0.717, 1.165) is 0 Å². The van der Waals surface area contributed by atoms with E-state index in [4.69, 9.17) is 4.74 Å². The van der Waals surface area contributed by atoms with Crippen molar-refractivity contribution < 1.29 is 9.53 Å². The van der Waals surface area contributed by atoms with Crippen LogP contribution in [0.1, 0.15) is 10.4 Å². The summed E-state index contributed by atoms with van der Waals surface area (Å²) in [7, 11) is 1.34. The molecule has 0 bridgehead atoms. The van der Waals surface area contributed by atoms with Gasteiger partial charge in [0.05, 0.1) is 18.2 Å². The monoisotopic (exact) mass is 228 g/mol. The van der Waals surface area contributed by atoms with Gasteiger partial charge in [-0.1, -0.05) is 0 Å². The molecular weight excluding hydrogens is 220 g/mol. The maximum absolute atomic E-state index is 11.7. The van der Waals surface area contributed by atoms with Gasteiger partial charge in [0.15, 0.2) is 0 Å². The Kier molecular flexibility index (Phi) is 2.01. The van der Waals surface area contributed by atoms with Crippen LogP contribution < -0.4 is 0 Å². The number of aromatic nitrogens is 4. The molecule has 0 aliphatic rings. The molecule has 84 valence electrons. The number of carbonyl (C=O) groups excluding carboxylic acids is 1. The summed E-state index contributed by atoms with van der Waals surface area (Å²) in [5.74, 6) is -0.409. The van der Waals surface area contributed by atoms with E-state index in [1.165, 1.54) is 7.11 Å². The highest BCUT2D eigenvalue weighted by atomic mass is 16.5. The van der Waals surface area contributed by atoms with Crippen LogP contribution in [-0.2, 0) is 4.74 Å². The number of pyridine rings is 1. The van der Waals surface area contributed by atoms with Gasteiger partial charge in [-0.3, -0.25) is 4.98 Å². The van der Waals surface area contributed by atoms with Crippen molar-refractivity contribution in [2.24, 2.45) is 0 Å². The molecule has 0 fully saturated rings. The van der Waals surface area contributed by atoms with Crippen LogP contribution in [0.4, 0.5) is 0 Å². The smallest absolute Gasteiger partial charge is 0.338 e. The van der Waals surface area contributed by atoms with Crippen molar-refractivity contribution in [1.82, 2.24) is 20.4 Å². The first-order chi connectivity index (χ1) is 8.31. The number of methoxy groups -OCH3 is 1. The fraction of sp³-hybridized carbons (Fsp3) is 0.0909. The average molecular weight is 228 g/mol. The minimum atomic E-state index is -0.409. The second kappa shape index (κ2) is 3.51. The number of ether oxygens (including phenoxy) is 1. The summed E-state index contributed by atoms with van der Waals surface area (Å²) in [6.07, 6.45) is 1.57. The van der Waals surface area contributed by atoms with Crippen molar-refractivity contribution in [3.8, 4) is 0 Å². The zero-order valence-corrected chi connectivity index (χ0v) is 8.97. The van der Waals surface area contributed by atoms with Gasteiger partial charge >= 0.3 is 5.97 Å². The van der Waals surface area contributed by atoms with Crippen LogP contribution in [0.15, 0.2) is 24.4 Å². The quantitative estimate of drug-likeness (QED) is 0.635. The normalized spacial score (nSPS) is 10.9. The molecule has 3 rings (SSSR count). The molecule has 6 heteroatoms. The highest BCUT2D eigenvalue weighted by Crippen LogP contribution is 2.24. The number of aromatic amines is 1. The molecule has 0 amide bonds. The molecule has 17 heavy (non-hydrogen) atoms. The van der Waals surface area contributed by atoms with Crippen LogP contribution in [0, 0.1) is 0 Å². The van der Waals surface area contributed by atoms with Gasteiger partial charge in [-0.15, -0.1) is 0 Å². The Labute approximate surface area is 95.6 Å². The summed E-state index contributed by atoms with van der Waals surface area (Å²) in [6.45, 7) is 0. The Morgan fingerprint density at radius 3 is 2.88 bits per heavy atom. The first-order valence-corrected chi connectivity index (χ1v) is 4.98. The third-order valence-corrected chi connectivity index (χ3v) is 2.60. The second-order valence-electron chi connectivity index (χ2n) is 3.50. The molecule has 0 atom stereocenters. The van der Waals surface area contributed by atoms with Gasteiger partial charge in [0.25, 0.3) is 0 Å². The summed E-state index contributed by atoms with van der Waals surface area (Å²) < 4.78 is 4.74. The summed E-state index contributed by atoms with van der Waals surface area (Å²) in [4.78, 5) is 15.9. The van der Waals surface area contributed by atoms with Crippen LogP contribution in [0.5, 0.6) is 0 Å². The number of nitrogens with zero attached hydrogens (tertiary/aromatic N) is 3. The molecule has 0 saturated carbocycles.